The summed E-state index contributed by atoms with van der Waals surface area (Å²) in [6.45, 7) is 0. The van der Waals surface area contributed by atoms with E-state index in [-0.39, 0.29) is 5.78 Å². The van der Waals surface area contributed by atoms with E-state index in [1.807, 2.05) is 30.3 Å². The van der Waals surface area contributed by atoms with Crippen LogP contribution in [0.5, 0.6) is 11.5 Å². The molecule has 0 aliphatic carbocycles. The Hall–Kier alpha value is -2.62. The molecule has 0 fully saturated rings. The molecular formula is C16H16N2O2. The van der Waals surface area contributed by atoms with E-state index < -0.39 is 0 Å². The van der Waals surface area contributed by atoms with Crippen LogP contribution in [0, 0.1) is 0 Å². The number of hydrogen-bond acceptors (Lipinski definition) is 4. The molecular weight excluding hydrogens is 252 g/mol. The summed E-state index contributed by atoms with van der Waals surface area (Å²) in [7, 11) is 3.53. The molecule has 102 valence electrons. The highest BCUT2D eigenvalue weighted by molar-refractivity contribution is 6.35. The molecule has 0 atom stereocenters. The van der Waals surface area contributed by atoms with Gasteiger partial charge in [-0.05, 0) is 36.4 Å². The van der Waals surface area contributed by atoms with Crippen molar-refractivity contribution in [2.45, 2.75) is 0 Å². The van der Waals surface area contributed by atoms with Crippen molar-refractivity contribution in [2.24, 2.45) is 5.10 Å². The molecule has 0 radical (unpaired) electrons. The summed E-state index contributed by atoms with van der Waals surface area (Å²) < 4.78 is 5.66. The molecule has 0 aliphatic rings. The second kappa shape index (κ2) is 6.52. The van der Waals surface area contributed by atoms with Crippen molar-refractivity contribution >= 4 is 12.0 Å². The van der Waals surface area contributed by atoms with Crippen molar-refractivity contribution in [3.05, 3.63) is 60.2 Å². The van der Waals surface area contributed by atoms with E-state index in [1.165, 1.54) is 6.21 Å². The number of rotatable bonds is 5. The molecule has 0 spiro atoms. The van der Waals surface area contributed by atoms with Gasteiger partial charge in [0.1, 0.15) is 11.5 Å². The molecule has 0 aliphatic heterocycles. The molecule has 0 amide bonds. The molecule has 0 bridgehead atoms. The quantitative estimate of drug-likeness (QED) is 0.475. The molecule has 20 heavy (non-hydrogen) atoms. The summed E-state index contributed by atoms with van der Waals surface area (Å²) in [6, 6.07) is 16.5. The van der Waals surface area contributed by atoms with Gasteiger partial charge in [0.05, 0.1) is 6.21 Å². The van der Waals surface area contributed by atoms with Crippen LogP contribution < -0.4 is 4.74 Å². The van der Waals surface area contributed by atoms with Crippen LogP contribution in [0.2, 0.25) is 0 Å². The first-order valence-corrected chi connectivity index (χ1v) is 6.24. The van der Waals surface area contributed by atoms with Crippen LogP contribution in [0.3, 0.4) is 0 Å². The number of hydrazone groups is 1. The van der Waals surface area contributed by atoms with Crippen molar-refractivity contribution in [1.82, 2.24) is 5.01 Å². The van der Waals surface area contributed by atoms with Crippen molar-refractivity contribution in [3.63, 3.8) is 0 Å². The van der Waals surface area contributed by atoms with Crippen LogP contribution in [0.15, 0.2) is 59.7 Å². The topological polar surface area (TPSA) is 41.9 Å². The number of benzene rings is 2. The van der Waals surface area contributed by atoms with Gasteiger partial charge >= 0.3 is 0 Å². The van der Waals surface area contributed by atoms with E-state index >= 15 is 0 Å². The number of para-hydroxylation sites is 1. The van der Waals surface area contributed by atoms with Crippen LogP contribution >= 0.6 is 0 Å². The van der Waals surface area contributed by atoms with Gasteiger partial charge in [0, 0.05) is 19.7 Å². The van der Waals surface area contributed by atoms with Gasteiger partial charge < -0.3 is 9.75 Å². The minimum absolute atomic E-state index is 0.134. The zero-order chi connectivity index (χ0) is 14.4. The van der Waals surface area contributed by atoms with Gasteiger partial charge in [0.2, 0.25) is 5.78 Å². The standard InChI is InChI=1S/C16H16N2O2/c1-18(2)17-12-16(19)13-8-10-15(11-9-13)20-14-6-4-3-5-7-14/h3-12H,1-2H3/b17-12+. The third kappa shape index (κ3) is 3.95. The summed E-state index contributed by atoms with van der Waals surface area (Å²) in [4.78, 5) is 11.8. The zero-order valence-electron chi connectivity index (χ0n) is 11.5. The highest BCUT2D eigenvalue weighted by Crippen LogP contribution is 2.21. The predicted octanol–water partition coefficient (Wildman–Crippen LogP) is 3.21. The monoisotopic (exact) mass is 268 g/mol. The van der Waals surface area contributed by atoms with E-state index in [0.717, 1.165) is 5.75 Å². The van der Waals surface area contributed by atoms with E-state index in [0.29, 0.717) is 11.3 Å². The van der Waals surface area contributed by atoms with Crippen LogP contribution in [0.1, 0.15) is 10.4 Å². The summed E-state index contributed by atoms with van der Waals surface area (Å²) in [5.41, 5.74) is 0.580. The maximum Gasteiger partial charge on any atom is 0.205 e. The molecule has 2 aromatic rings. The number of Topliss-reactive ketones (excluding diaryl/α,β-unsaturated/α-hetero) is 1. The minimum Gasteiger partial charge on any atom is -0.457 e. The largest absolute Gasteiger partial charge is 0.457 e. The SMILES string of the molecule is CN(C)/N=C/C(=O)c1ccc(Oc2ccccc2)cc1. The zero-order valence-corrected chi connectivity index (χ0v) is 11.5. The average molecular weight is 268 g/mol. The van der Waals surface area contributed by atoms with Gasteiger partial charge in [-0.15, -0.1) is 0 Å². The first-order valence-electron chi connectivity index (χ1n) is 6.24. The van der Waals surface area contributed by atoms with E-state index in [9.17, 15) is 4.79 Å². The fourth-order valence-corrected chi connectivity index (χ4v) is 1.55. The summed E-state index contributed by atoms with van der Waals surface area (Å²) in [6.07, 6.45) is 1.30. The molecule has 0 unspecified atom stereocenters. The molecule has 0 aromatic heterocycles. The predicted molar refractivity (Wildman–Crippen MR) is 79.5 cm³/mol. The number of ether oxygens (including phenoxy) is 1. The number of ketones is 1. The lowest BCUT2D eigenvalue weighted by atomic mass is 10.1. The Kier molecular flexibility index (Phi) is 4.50. The van der Waals surface area contributed by atoms with Crippen LogP contribution in [-0.4, -0.2) is 31.1 Å². The lowest BCUT2D eigenvalue weighted by Crippen LogP contribution is -2.07. The number of nitrogens with zero attached hydrogens (tertiary/aromatic N) is 2. The molecule has 0 N–H and O–H groups in total. The van der Waals surface area contributed by atoms with Gasteiger partial charge in [-0.25, -0.2) is 0 Å². The normalized spacial score (nSPS) is 10.5. The van der Waals surface area contributed by atoms with Crippen molar-refractivity contribution in [3.8, 4) is 11.5 Å². The summed E-state index contributed by atoms with van der Waals surface area (Å²) >= 11 is 0. The van der Waals surface area contributed by atoms with Gasteiger partial charge in [0.15, 0.2) is 0 Å². The Balaban J connectivity index is 2.05. The molecule has 0 heterocycles. The highest BCUT2D eigenvalue weighted by atomic mass is 16.5. The molecule has 2 aromatic carbocycles. The third-order valence-electron chi connectivity index (χ3n) is 2.52. The van der Waals surface area contributed by atoms with E-state index in [4.69, 9.17) is 4.74 Å². The average Bonchev–Trinajstić information content (AvgIpc) is 2.46. The second-order valence-corrected chi connectivity index (χ2v) is 4.40. The smallest absolute Gasteiger partial charge is 0.205 e. The summed E-state index contributed by atoms with van der Waals surface area (Å²) in [5.74, 6) is 1.32. The Morgan fingerprint density at radius 3 is 2.20 bits per heavy atom. The Bertz CT molecular complexity index is 590. The van der Waals surface area contributed by atoms with Crippen molar-refractivity contribution < 1.29 is 9.53 Å². The van der Waals surface area contributed by atoms with Crippen molar-refractivity contribution in [2.75, 3.05) is 14.1 Å². The summed E-state index contributed by atoms with van der Waals surface area (Å²) in [5, 5.41) is 5.49. The highest BCUT2D eigenvalue weighted by Gasteiger charge is 2.03. The van der Waals surface area contributed by atoms with Gasteiger partial charge in [-0.2, -0.15) is 5.10 Å². The number of carbonyl (C=O) groups excluding carboxylic acids is 1. The van der Waals surface area contributed by atoms with Crippen LogP contribution in [0.4, 0.5) is 0 Å². The molecule has 0 saturated carbocycles. The second-order valence-electron chi connectivity index (χ2n) is 4.40. The number of hydrogen-bond donors (Lipinski definition) is 0. The maximum absolute atomic E-state index is 11.8. The fraction of sp³-hybridized carbons (Fsp3) is 0.125. The maximum atomic E-state index is 11.8. The van der Waals surface area contributed by atoms with Gasteiger partial charge in [-0.3, -0.25) is 4.79 Å². The van der Waals surface area contributed by atoms with Crippen LogP contribution in [0.25, 0.3) is 0 Å². The van der Waals surface area contributed by atoms with Crippen LogP contribution in [-0.2, 0) is 0 Å². The Morgan fingerprint density at radius 1 is 1.00 bits per heavy atom. The first-order chi connectivity index (χ1) is 9.65. The molecule has 4 nitrogen and oxygen atoms in total. The molecule has 0 saturated heterocycles. The minimum atomic E-state index is -0.134. The van der Waals surface area contributed by atoms with Gasteiger partial charge in [0.25, 0.3) is 0 Å². The lowest BCUT2D eigenvalue weighted by molar-refractivity contribution is 0.106. The lowest BCUT2D eigenvalue weighted by Gasteiger charge is -2.06. The van der Waals surface area contributed by atoms with E-state index in [2.05, 4.69) is 5.10 Å². The number of carbonyl (C=O) groups is 1. The van der Waals surface area contributed by atoms with Gasteiger partial charge in [-0.1, -0.05) is 18.2 Å². The van der Waals surface area contributed by atoms with Crippen molar-refractivity contribution in [1.29, 1.82) is 0 Å². The fourth-order valence-electron chi connectivity index (χ4n) is 1.55. The van der Waals surface area contributed by atoms with E-state index in [1.54, 1.807) is 43.4 Å². The molecule has 4 heteroatoms. The third-order valence-corrected chi connectivity index (χ3v) is 2.52. The first kappa shape index (κ1) is 13.8. The Morgan fingerprint density at radius 2 is 1.60 bits per heavy atom. The molecule has 2 rings (SSSR count). The Labute approximate surface area is 118 Å².